The topological polar surface area (TPSA) is 155 Å². The summed E-state index contributed by atoms with van der Waals surface area (Å²) in [6.07, 6.45) is 3.49. The third kappa shape index (κ3) is 7.42. The van der Waals surface area contributed by atoms with Crippen molar-refractivity contribution >= 4 is 45.3 Å². The van der Waals surface area contributed by atoms with Gasteiger partial charge in [-0.05, 0) is 100 Å². The van der Waals surface area contributed by atoms with Crippen LogP contribution in [0, 0.1) is 5.92 Å². The number of aromatic nitrogens is 5. The van der Waals surface area contributed by atoms with Crippen molar-refractivity contribution in [3.63, 3.8) is 0 Å². The number of carbonyl (C=O) groups excluding carboxylic acids is 3. The summed E-state index contributed by atoms with van der Waals surface area (Å²) in [5.74, 6) is 0.170. The van der Waals surface area contributed by atoms with Gasteiger partial charge in [0.1, 0.15) is 28.9 Å². The van der Waals surface area contributed by atoms with Gasteiger partial charge in [0, 0.05) is 43.2 Å². The molecule has 2 saturated heterocycles. The summed E-state index contributed by atoms with van der Waals surface area (Å²) in [6, 6.07) is 9.76. The van der Waals surface area contributed by atoms with Gasteiger partial charge in [-0.3, -0.25) is 33.5 Å². The number of imide groups is 1. The minimum atomic E-state index is -4.67. The molecule has 1 aliphatic carbocycles. The molecule has 17 heteroatoms. The number of likely N-dealkylation sites (tertiary alicyclic amines) is 1. The third-order valence-corrected chi connectivity index (χ3v) is 12.1. The largest absolute Gasteiger partial charge is 0.496 e. The molecule has 306 valence electrons. The number of rotatable bonds is 9. The first-order valence-corrected chi connectivity index (χ1v) is 19.6. The fraction of sp³-hybridized carbons (Fsp3) is 0.463. The zero-order valence-corrected chi connectivity index (χ0v) is 32.5. The average Bonchev–Trinajstić information content (AvgIpc) is 3.74. The maximum absolute atomic E-state index is 13.6. The Morgan fingerprint density at radius 2 is 1.69 bits per heavy atom. The molecule has 8 rings (SSSR count). The molecule has 1 unspecified atom stereocenters. The van der Waals surface area contributed by atoms with Gasteiger partial charge < -0.3 is 19.7 Å². The molecule has 2 N–H and O–H groups in total. The molecule has 2 aromatic carbocycles. The molecule has 5 heterocycles. The van der Waals surface area contributed by atoms with Crippen LogP contribution in [0.3, 0.4) is 0 Å². The first kappa shape index (κ1) is 39.1. The van der Waals surface area contributed by atoms with E-state index in [1.807, 2.05) is 23.0 Å². The van der Waals surface area contributed by atoms with E-state index in [0.717, 1.165) is 92.5 Å². The zero-order chi connectivity index (χ0) is 40.9. The van der Waals surface area contributed by atoms with Gasteiger partial charge in [-0.1, -0.05) is 6.07 Å². The second kappa shape index (κ2) is 15.6. The summed E-state index contributed by atoms with van der Waals surface area (Å²) in [4.78, 5) is 57.2. The van der Waals surface area contributed by atoms with Crippen LogP contribution in [0.4, 0.5) is 18.9 Å². The Balaban J connectivity index is 0.897. The Hall–Kier alpha value is -5.71. The molecule has 3 fully saturated rings. The van der Waals surface area contributed by atoms with Crippen LogP contribution < -0.4 is 25.8 Å². The van der Waals surface area contributed by atoms with Crippen molar-refractivity contribution in [3.8, 4) is 11.5 Å². The minimum Gasteiger partial charge on any atom is -0.496 e. The fourth-order valence-corrected chi connectivity index (χ4v) is 9.08. The monoisotopic (exact) mass is 802 g/mol. The van der Waals surface area contributed by atoms with E-state index in [9.17, 15) is 32.3 Å². The van der Waals surface area contributed by atoms with Crippen molar-refractivity contribution in [3.05, 3.63) is 76.1 Å². The predicted molar refractivity (Wildman–Crippen MR) is 208 cm³/mol. The summed E-state index contributed by atoms with van der Waals surface area (Å²) in [5.41, 5.74) is 1.59. The van der Waals surface area contributed by atoms with Crippen LogP contribution >= 0.6 is 0 Å². The molecule has 0 bridgehead atoms. The van der Waals surface area contributed by atoms with E-state index < -0.39 is 29.7 Å². The number of anilines is 1. The van der Waals surface area contributed by atoms with Crippen LogP contribution in [0.15, 0.2) is 53.5 Å². The average molecular weight is 803 g/mol. The van der Waals surface area contributed by atoms with Gasteiger partial charge in [-0.15, -0.1) is 0 Å². The number of methoxy groups -OCH3 is 2. The van der Waals surface area contributed by atoms with Crippen LogP contribution in [-0.4, -0.2) is 80.4 Å². The minimum absolute atomic E-state index is 0.160. The van der Waals surface area contributed by atoms with Crippen molar-refractivity contribution in [2.75, 3.05) is 39.2 Å². The van der Waals surface area contributed by atoms with E-state index in [0.29, 0.717) is 28.4 Å². The summed E-state index contributed by atoms with van der Waals surface area (Å²) in [7, 11) is 4.81. The number of halogens is 3. The van der Waals surface area contributed by atoms with E-state index in [1.54, 1.807) is 30.9 Å². The molecular weight excluding hydrogens is 757 g/mol. The van der Waals surface area contributed by atoms with E-state index >= 15 is 0 Å². The summed E-state index contributed by atoms with van der Waals surface area (Å²) in [6.45, 7) is 2.80. The summed E-state index contributed by atoms with van der Waals surface area (Å²) in [5, 5.41) is 10.6. The van der Waals surface area contributed by atoms with Crippen molar-refractivity contribution in [2.24, 2.45) is 13.0 Å². The quantitative estimate of drug-likeness (QED) is 0.172. The lowest BCUT2D eigenvalue weighted by Gasteiger charge is -2.37. The molecule has 0 radical (unpaired) electrons. The van der Waals surface area contributed by atoms with Gasteiger partial charge >= 0.3 is 11.9 Å². The highest BCUT2D eigenvalue weighted by molar-refractivity contribution is 6.05. The molecule has 3 aliphatic rings. The van der Waals surface area contributed by atoms with Crippen LogP contribution in [0.2, 0.25) is 0 Å². The first-order chi connectivity index (χ1) is 27.8. The number of carbonyl (C=O) groups is 3. The highest BCUT2D eigenvalue weighted by Crippen LogP contribution is 2.41. The van der Waals surface area contributed by atoms with E-state index in [1.165, 1.54) is 17.7 Å². The Labute approximate surface area is 331 Å². The second-order valence-corrected chi connectivity index (χ2v) is 15.6. The molecule has 1 atom stereocenters. The molecule has 0 spiro atoms. The zero-order valence-electron chi connectivity index (χ0n) is 32.5. The van der Waals surface area contributed by atoms with E-state index in [4.69, 9.17) is 14.6 Å². The van der Waals surface area contributed by atoms with E-state index in [2.05, 4.69) is 20.5 Å². The van der Waals surface area contributed by atoms with Gasteiger partial charge in [-0.25, -0.2) is 9.78 Å². The molecule has 1 saturated carbocycles. The number of nitrogens with one attached hydrogen (secondary N) is 2. The Morgan fingerprint density at radius 1 is 0.948 bits per heavy atom. The third-order valence-electron chi connectivity index (χ3n) is 12.1. The fourth-order valence-electron chi connectivity index (χ4n) is 9.08. The standard InChI is InChI=1S/C41H45F3N8O6/c1-49-37-30(52(40(49)56)31-12-14-35(53)47-39(31)55)11-13-32(57-2)36(37)24-15-17-50(18-16-24)21-23-7-9-26(10-8-23)51-22-25-19-29(33(58-3)20-28(25)48-51)46-38(54)27-5-4-6-34(45-27)41(42,43)44/h4-6,11,13,19-20,22-24,26,31H,7-10,12,14-18,21H2,1-3H3,(H,46,54)(H,47,53,55). The maximum atomic E-state index is 13.6. The number of aryl methyl sites for hydroxylation is 1. The number of piperidine rings is 2. The van der Waals surface area contributed by atoms with Gasteiger partial charge in [0.2, 0.25) is 11.8 Å². The Morgan fingerprint density at radius 3 is 2.38 bits per heavy atom. The molecule has 3 aromatic heterocycles. The number of benzene rings is 2. The highest BCUT2D eigenvalue weighted by atomic mass is 19.4. The van der Waals surface area contributed by atoms with Gasteiger partial charge in [0.25, 0.3) is 5.91 Å². The van der Waals surface area contributed by atoms with Crippen molar-refractivity contribution in [1.29, 1.82) is 0 Å². The summed E-state index contributed by atoms with van der Waals surface area (Å²) >= 11 is 0. The molecular formula is C41H45F3N8O6. The number of hydrogen-bond donors (Lipinski definition) is 2. The Bertz CT molecular complexity index is 2460. The van der Waals surface area contributed by atoms with Crippen molar-refractivity contribution in [1.82, 2.24) is 34.1 Å². The maximum Gasteiger partial charge on any atom is 0.433 e. The number of pyridine rings is 1. The normalized spacial score (nSPS) is 21.0. The van der Waals surface area contributed by atoms with Crippen LogP contribution in [0.25, 0.3) is 21.9 Å². The lowest BCUT2D eigenvalue weighted by Crippen LogP contribution is -2.44. The number of ether oxygens (including phenoxy) is 2. The van der Waals surface area contributed by atoms with Crippen molar-refractivity contribution < 1.29 is 37.0 Å². The van der Waals surface area contributed by atoms with Crippen molar-refractivity contribution in [2.45, 2.75) is 75.5 Å². The number of hydrogen-bond acceptors (Lipinski definition) is 9. The summed E-state index contributed by atoms with van der Waals surface area (Å²) < 4.78 is 56.0. The number of alkyl halides is 3. The lowest BCUT2D eigenvalue weighted by molar-refractivity contribution is -0.141. The molecule has 14 nitrogen and oxygen atoms in total. The Kier molecular flexibility index (Phi) is 10.5. The first-order valence-electron chi connectivity index (χ1n) is 19.6. The lowest BCUT2D eigenvalue weighted by atomic mass is 9.84. The van der Waals surface area contributed by atoms with E-state index in [-0.39, 0.29) is 42.1 Å². The SMILES string of the molecule is COc1cc2nn(C3CCC(CN4CCC(c5c(OC)ccc6c5n(C)c(=O)n6C5CCC(=O)NC5=O)CC4)CC3)cc2cc1NC(=O)c1cccc(C(F)(F)F)n1. The number of imidazole rings is 1. The number of fused-ring (bicyclic) bond motifs is 2. The van der Waals surface area contributed by atoms with Gasteiger partial charge in [0.05, 0.1) is 42.5 Å². The van der Waals surface area contributed by atoms with Crippen LogP contribution in [0.1, 0.15) is 91.1 Å². The molecule has 58 heavy (non-hydrogen) atoms. The number of amides is 3. The highest BCUT2D eigenvalue weighted by Gasteiger charge is 2.35. The van der Waals surface area contributed by atoms with Crippen LogP contribution in [0.5, 0.6) is 11.5 Å². The molecule has 2 aliphatic heterocycles. The van der Waals surface area contributed by atoms with Gasteiger partial charge in [-0.2, -0.15) is 18.3 Å². The van der Waals surface area contributed by atoms with Gasteiger partial charge in [0.15, 0.2) is 0 Å². The number of nitrogens with zero attached hydrogens (tertiary/aromatic N) is 6. The smallest absolute Gasteiger partial charge is 0.433 e. The second-order valence-electron chi connectivity index (χ2n) is 15.6. The molecule has 3 amide bonds. The predicted octanol–water partition coefficient (Wildman–Crippen LogP) is 5.96. The molecule has 5 aromatic rings. The van der Waals surface area contributed by atoms with Crippen LogP contribution in [-0.2, 0) is 22.8 Å².